The molecule has 1 aromatic carbocycles. The van der Waals surface area contributed by atoms with Crippen LogP contribution in [0.3, 0.4) is 0 Å². The molecule has 0 radical (unpaired) electrons. The van der Waals surface area contributed by atoms with E-state index in [4.69, 9.17) is 5.73 Å². The Kier molecular flexibility index (Phi) is 5.11. The number of anilines is 1. The van der Waals surface area contributed by atoms with Gasteiger partial charge in [0.15, 0.2) is 0 Å². The second-order valence-electron chi connectivity index (χ2n) is 5.10. The number of nitrogens with two attached hydrogens (primary N) is 1. The Balaban J connectivity index is 1.97. The first-order valence-electron chi connectivity index (χ1n) is 6.84. The van der Waals surface area contributed by atoms with Gasteiger partial charge in [0.1, 0.15) is 5.69 Å². The molecule has 0 aliphatic rings. The normalized spacial score (nSPS) is 10.5. The van der Waals surface area contributed by atoms with Gasteiger partial charge in [-0.3, -0.25) is 4.79 Å². The minimum Gasteiger partial charge on any atom is -0.351 e. The molecule has 7 heteroatoms. The summed E-state index contributed by atoms with van der Waals surface area (Å²) in [7, 11) is 0. The number of aromatic nitrogens is 1. The van der Waals surface area contributed by atoms with Crippen LogP contribution in [0.2, 0.25) is 0 Å². The van der Waals surface area contributed by atoms with Crippen molar-refractivity contribution >= 4 is 29.0 Å². The lowest BCUT2D eigenvalue weighted by Crippen LogP contribution is -2.23. The summed E-state index contributed by atoms with van der Waals surface area (Å²) in [6.45, 7) is 4.43. The first-order valence-corrected chi connectivity index (χ1v) is 7.72. The fourth-order valence-corrected chi connectivity index (χ4v) is 2.65. The average molecular weight is 318 g/mol. The molecule has 0 saturated carbocycles. The Bertz CT molecular complexity index is 682. The topological polar surface area (TPSA) is 97.1 Å². The van der Waals surface area contributed by atoms with Crippen LogP contribution >= 0.6 is 11.3 Å². The standard InChI is InChI=1S/C15H18N4O2S/c1-9(2)14-19-12(8-22-14)13(20)17-7-10-4-3-5-11(6-10)18-15(16)21/h3-6,8-9H,7H2,1-2H3,(H,17,20)(H3,16,18,21). The lowest BCUT2D eigenvalue weighted by Gasteiger charge is -2.06. The Hall–Kier alpha value is -2.41. The zero-order valence-electron chi connectivity index (χ0n) is 12.4. The number of carbonyl (C=O) groups is 2. The first-order chi connectivity index (χ1) is 10.5. The van der Waals surface area contributed by atoms with Crippen LogP contribution in [0.25, 0.3) is 0 Å². The number of nitrogens with one attached hydrogen (secondary N) is 2. The molecule has 1 aromatic heterocycles. The molecule has 6 nitrogen and oxygen atoms in total. The predicted octanol–water partition coefficient (Wildman–Crippen LogP) is 2.69. The number of carbonyl (C=O) groups excluding carboxylic acids is 2. The highest BCUT2D eigenvalue weighted by Crippen LogP contribution is 2.19. The van der Waals surface area contributed by atoms with Crippen molar-refractivity contribution in [2.24, 2.45) is 5.73 Å². The lowest BCUT2D eigenvalue weighted by molar-refractivity contribution is 0.0946. The summed E-state index contributed by atoms with van der Waals surface area (Å²) < 4.78 is 0. The Labute approximate surface area is 132 Å². The van der Waals surface area contributed by atoms with Crippen molar-refractivity contribution in [1.29, 1.82) is 0 Å². The predicted molar refractivity (Wildman–Crippen MR) is 87.0 cm³/mol. The van der Waals surface area contributed by atoms with Crippen molar-refractivity contribution in [3.05, 3.63) is 45.9 Å². The number of hydrogen-bond acceptors (Lipinski definition) is 4. The Morgan fingerprint density at radius 3 is 2.77 bits per heavy atom. The number of nitrogens with zero attached hydrogens (tertiary/aromatic N) is 1. The third-order valence-electron chi connectivity index (χ3n) is 2.90. The molecule has 2 aromatic rings. The van der Waals surface area contributed by atoms with E-state index in [0.717, 1.165) is 10.6 Å². The van der Waals surface area contributed by atoms with Gasteiger partial charge in [-0.25, -0.2) is 9.78 Å². The summed E-state index contributed by atoms with van der Waals surface area (Å²) in [5, 5.41) is 8.01. The molecule has 116 valence electrons. The molecule has 0 fully saturated rings. The summed E-state index contributed by atoms with van der Waals surface area (Å²) >= 11 is 1.48. The van der Waals surface area contributed by atoms with Crippen LogP contribution in [0.1, 0.15) is 40.8 Å². The van der Waals surface area contributed by atoms with Gasteiger partial charge in [-0.05, 0) is 17.7 Å². The van der Waals surface area contributed by atoms with Crippen LogP contribution in [-0.4, -0.2) is 16.9 Å². The van der Waals surface area contributed by atoms with Crippen LogP contribution in [0, 0.1) is 0 Å². The molecule has 0 atom stereocenters. The summed E-state index contributed by atoms with van der Waals surface area (Å²) in [6.07, 6.45) is 0. The monoisotopic (exact) mass is 318 g/mol. The van der Waals surface area contributed by atoms with Crippen molar-refractivity contribution in [2.75, 3.05) is 5.32 Å². The molecule has 0 spiro atoms. The smallest absolute Gasteiger partial charge is 0.316 e. The van der Waals surface area contributed by atoms with Crippen LogP contribution in [-0.2, 0) is 6.54 Å². The average Bonchev–Trinajstić information content (AvgIpc) is 2.94. The van der Waals surface area contributed by atoms with Gasteiger partial charge in [0.05, 0.1) is 5.01 Å². The maximum Gasteiger partial charge on any atom is 0.316 e. The maximum absolute atomic E-state index is 12.1. The largest absolute Gasteiger partial charge is 0.351 e. The Morgan fingerprint density at radius 1 is 1.36 bits per heavy atom. The maximum atomic E-state index is 12.1. The zero-order chi connectivity index (χ0) is 16.1. The number of primary amides is 1. The van der Waals surface area contributed by atoms with Crippen molar-refractivity contribution in [1.82, 2.24) is 10.3 Å². The van der Waals surface area contributed by atoms with Gasteiger partial charge < -0.3 is 16.4 Å². The number of benzene rings is 1. The van der Waals surface area contributed by atoms with E-state index in [1.54, 1.807) is 23.6 Å². The molecule has 2 rings (SSSR count). The molecule has 3 amide bonds. The summed E-state index contributed by atoms with van der Waals surface area (Å²) in [5.74, 6) is 0.0968. The highest BCUT2D eigenvalue weighted by molar-refractivity contribution is 7.09. The van der Waals surface area contributed by atoms with Gasteiger partial charge in [0, 0.05) is 23.5 Å². The number of thiazole rings is 1. The van der Waals surface area contributed by atoms with Crippen LogP contribution in [0.15, 0.2) is 29.6 Å². The molecule has 4 N–H and O–H groups in total. The van der Waals surface area contributed by atoms with Crippen molar-refractivity contribution in [3.8, 4) is 0 Å². The van der Waals surface area contributed by atoms with Gasteiger partial charge in [-0.1, -0.05) is 26.0 Å². The summed E-state index contributed by atoms with van der Waals surface area (Å²) in [6, 6.07) is 6.50. The molecule has 0 unspecified atom stereocenters. The van der Waals surface area contributed by atoms with E-state index in [9.17, 15) is 9.59 Å². The van der Waals surface area contributed by atoms with Crippen molar-refractivity contribution in [3.63, 3.8) is 0 Å². The molecule has 0 bridgehead atoms. The second-order valence-corrected chi connectivity index (χ2v) is 5.99. The van der Waals surface area contributed by atoms with Crippen molar-refractivity contribution < 1.29 is 9.59 Å². The van der Waals surface area contributed by atoms with Crippen LogP contribution in [0.4, 0.5) is 10.5 Å². The SMILES string of the molecule is CC(C)c1nc(C(=O)NCc2cccc(NC(N)=O)c2)cs1. The van der Waals surface area contributed by atoms with E-state index < -0.39 is 6.03 Å². The van der Waals surface area contributed by atoms with E-state index in [2.05, 4.69) is 15.6 Å². The van der Waals surface area contributed by atoms with Gasteiger partial charge in [0.25, 0.3) is 5.91 Å². The van der Waals surface area contributed by atoms with Gasteiger partial charge in [-0.15, -0.1) is 11.3 Å². The molecule has 0 aliphatic heterocycles. The van der Waals surface area contributed by atoms with E-state index in [1.165, 1.54) is 11.3 Å². The minimum absolute atomic E-state index is 0.212. The number of rotatable bonds is 5. The molecule has 0 saturated heterocycles. The summed E-state index contributed by atoms with van der Waals surface area (Å²) in [4.78, 5) is 27.2. The van der Waals surface area contributed by atoms with Gasteiger partial charge in [0.2, 0.25) is 0 Å². The molecular weight excluding hydrogens is 300 g/mol. The lowest BCUT2D eigenvalue weighted by atomic mass is 10.2. The number of amides is 3. The van der Waals surface area contributed by atoms with Crippen LogP contribution < -0.4 is 16.4 Å². The van der Waals surface area contributed by atoms with E-state index in [1.807, 2.05) is 19.9 Å². The van der Waals surface area contributed by atoms with E-state index in [0.29, 0.717) is 23.8 Å². The minimum atomic E-state index is -0.620. The molecule has 22 heavy (non-hydrogen) atoms. The quantitative estimate of drug-likeness (QED) is 0.790. The third kappa shape index (κ3) is 4.29. The fourth-order valence-electron chi connectivity index (χ4n) is 1.83. The van der Waals surface area contributed by atoms with Crippen molar-refractivity contribution in [2.45, 2.75) is 26.3 Å². The molecule has 1 heterocycles. The molecular formula is C15H18N4O2S. The fraction of sp³-hybridized carbons (Fsp3) is 0.267. The van der Waals surface area contributed by atoms with Gasteiger partial charge in [-0.2, -0.15) is 0 Å². The summed E-state index contributed by atoms with van der Waals surface area (Å²) in [5.41, 5.74) is 6.96. The van der Waals surface area contributed by atoms with Crippen LogP contribution in [0.5, 0.6) is 0 Å². The number of urea groups is 1. The second kappa shape index (κ2) is 7.04. The van der Waals surface area contributed by atoms with E-state index >= 15 is 0 Å². The van der Waals surface area contributed by atoms with Gasteiger partial charge >= 0.3 is 6.03 Å². The first kappa shape index (κ1) is 16.0. The highest BCUT2D eigenvalue weighted by atomic mass is 32.1. The highest BCUT2D eigenvalue weighted by Gasteiger charge is 2.12. The number of hydrogen-bond donors (Lipinski definition) is 3. The van der Waals surface area contributed by atoms with E-state index in [-0.39, 0.29) is 5.91 Å². The zero-order valence-corrected chi connectivity index (χ0v) is 13.2. The third-order valence-corrected chi connectivity index (χ3v) is 4.04. The Morgan fingerprint density at radius 2 is 2.14 bits per heavy atom. The molecule has 0 aliphatic carbocycles.